The smallest absolute Gasteiger partial charge is 0.308 e. The molecule has 0 bridgehead atoms. The van der Waals surface area contributed by atoms with Gasteiger partial charge in [-0.25, -0.2) is 0 Å². The van der Waals surface area contributed by atoms with E-state index in [1.165, 1.54) is 0 Å². The van der Waals surface area contributed by atoms with Gasteiger partial charge in [-0.3, -0.25) is 9.69 Å². The number of carbonyl (C=O) groups is 2. The first kappa shape index (κ1) is 15.6. The fourth-order valence-electron chi connectivity index (χ4n) is 2.26. The molecule has 6 nitrogen and oxygen atoms in total. The third kappa shape index (κ3) is 4.63. The number of morpholine rings is 1. The van der Waals surface area contributed by atoms with Gasteiger partial charge in [0.2, 0.25) is 0 Å². The Morgan fingerprint density at radius 2 is 2.24 bits per heavy atom. The summed E-state index contributed by atoms with van der Waals surface area (Å²) in [7, 11) is 0. The number of nitrogens with two attached hydrogens (primary N) is 1. The molecule has 6 heteroatoms. The molecule has 0 radical (unpaired) electrons. The average molecular weight is 292 g/mol. The van der Waals surface area contributed by atoms with Gasteiger partial charge < -0.3 is 20.0 Å². The largest absolute Gasteiger partial charge is 0.461 e. The molecule has 0 aliphatic carbocycles. The van der Waals surface area contributed by atoms with Crippen LogP contribution in [-0.2, 0) is 25.7 Å². The highest BCUT2D eigenvalue weighted by Gasteiger charge is 2.28. The Balaban J connectivity index is 1.83. The van der Waals surface area contributed by atoms with Gasteiger partial charge in [0.1, 0.15) is 12.9 Å². The number of hydrogen-bond acceptors (Lipinski definition) is 6. The van der Waals surface area contributed by atoms with E-state index in [4.69, 9.17) is 15.2 Å². The van der Waals surface area contributed by atoms with Crippen molar-refractivity contribution in [1.82, 2.24) is 4.90 Å². The first-order chi connectivity index (χ1) is 10.2. The number of esters is 1. The second kappa shape index (κ2) is 7.87. The third-order valence-corrected chi connectivity index (χ3v) is 3.41. The number of hydrogen-bond donors (Lipinski definition) is 1. The van der Waals surface area contributed by atoms with E-state index in [9.17, 15) is 9.59 Å². The maximum absolute atomic E-state index is 11.9. The van der Waals surface area contributed by atoms with Gasteiger partial charge in [0.05, 0.1) is 31.8 Å². The van der Waals surface area contributed by atoms with Crippen molar-refractivity contribution in [2.24, 2.45) is 5.73 Å². The van der Waals surface area contributed by atoms with E-state index < -0.39 is 12.0 Å². The Bertz CT molecular complexity index is 466. The lowest BCUT2D eigenvalue weighted by molar-refractivity contribution is -0.148. The Morgan fingerprint density at radius 1 is 1.48 bits per heavy atom. The molecular weight excluding hydrogens is 272 g/mol. The van der Waals surface area contributed by atoms with Gasteiger partial charge in [0.15, 0.2) is 0 Å². The number of ether oxygens (including phenoxy) is 2. The molecule has 1 fully saturated rings. The van der Waals surface area contributed by atoms with E-state index in [-0.39, 0.29) is 19.2 Å². The molecule has 1 aliphatic rings. The summed E-state index contributed by atoms with van der Waals surface area (Å²) in [6, 6.07) is 8.85. The summed E-state index contributed by atoms with van der Waals surface area (Å²) in [5.41, 5.74) is 6.80. The van der Waals surface area contributed by atoms with Crippen molar-refractivity contribution in [1.29, 1.82) is 0 Å². The SMILES string of the molecule is NC1COCCN1[C@H](C=O)CC(=O)OCc1ccccc1. The van der Waals surface area contributed by atoms with E-state index in [2.05, 4.69) is 0 Å². The zero-order chi connectivity index (χ0) is 15.1. The molecule has 0 aromatic heterocycles. The molecule has 1 heterocycles. The van der Waals surface area contributed by atoms with Crippen LogP contribution in [0.5, 0.6) is 0 Å². The zero-order valence-corrected chi connectivity index (χ0v) is 11.8. The first-order valence-electron chi connectivity index (χ1n) is 6.94. The van der Waals surface area contributed by atoms with Gasteiger partial charge in [0.25, 0.3) is 0 Å². The zero-order valence-electron chi connectivity index (χ0n) is 11.8. The monoisotopic (exact) mass is 292 g/mol. The fourth-order valence-corrected chi connectivity index (χ4v) is 2.26. The van der Waals surface area contributed by atoms with Crippen molar-refractivity contribution < 1.29 is 19.1 Å². The van der Waals surface area contributed by atoms with Crippen molar-refractivity contribution in [2.75, 3.05) is 19.8 Å². The predicted molar refractivity (Wildman–Crippen MR) is 76.2 cm³/mol. The van der Waals surface area contributed by atoms with Crippen molar-refractivity contribution in [3.63, 3.8) is 0 Å². The van der Waals surface area contributed by atoms with Crippen LogP contribution in [0.4, 0.5) is 0 Å². The van der Waals surface area contributed by atoms with Crippen LogP contribution in [0.25, 0.3) is 0 Å². The van der Waals surface area contributed by atoms with Crippen LogP contribution < -0.4 is 5.73 Å². The molecule has 0 spiro atoms. The van der Waals surface area contributed by atoms with Crippen LogP contribution in [0, 0.1) is 0 Å². The highest BCUT2D eigenvalue weighted by Crippen LogP contribution is 2.11. The van der Waals surface area contributed by atoms with Gasteiger partial charge >= 0.3 is 5.97 Å². The highest BCUT2D eigenvalue weighted by molar-refractivity contribution is 5.75. The van der Waals surface area contributed by atoms with Gasteiger partial charge in [-0.05, 0) is 5.56 Å². The maximum atomic E-state index is 11.9. The van der Waals surface area contributed by atoms with Gasteiger partial charge in [0, 0.05) is 6.54 Å². The van der Waals surface area contributed by atoms with Crippen LogP contribution in [0.3, 0.4) is 0 Å². The Morgan fingerprint density at radius 3 is 2.90 bits per heavy atom. The standard InChI is InChI=1S/C15H20N2O4/c16-14-11-20-7-6-17(14)13(9-18)8-15(19)21-10-12-4-2-1-3-5-12/h1-5,9,13-14H,6-8,10-11,16H2/t13-,14?/m0/s1. The van der Waals surface area contributed by atoms with E-state index in [1.54, 1.807) is 4.90 Å². The molecule has 0 amide bonds. The Kier molecular flexibility index (Phi) is 5.86. The average Bonchev–Trinajstić information content (AvgIpc) is 2.52. The van der Waals surface area contributed by atoms with Crippen molar-refractivity contribution in [3.8, 4) is 0 Å². The van der Waals surface area contributed by atoms with E-state index in [0.29, 0.717) is 19.8 Å². The molecule has 2 atom stereocenters. The van der Waals surface area contributed by atoms with Crippen LogP contribution in [-0.4, -0.2) is 49.1 Å². The summed E-state index contributed by atoms with van der Waals surface area (Å²) in [4.78, 5) is 24.8. The first-order valence-corrected chi connectivity index (χ1v) is 6.94. The lowest BCUT2D eigenvalue weighted by Gasteiger charge is -2.36. The quantitative estimate of drug-likeness (QED) is 0.600. The Labute approximate surface area is 123 Å². The topological polar surface area (TPSA) is 81.9 Å². The minimum Gasteiger partial charge on any atom is -0.461 e. The number of aldehydes is 1. The van der Waals surface area contributed by atoms with Crippen LogP contribution in [0.15, 0.2) is 30.3 Å². The fraction of sp³-hybridized carbons (Fsp3) is 0.467. The molecule has 2 rings (SSSR count). The van der Waals surface area contributed by atoms with Gasteiger partial charge in [-0.2, -0.15) is 0 Å². The van der Waals surface area contributed by atoms with Crippen LogP contribution in [0.2, 0.25) is 0 Å². The predicted octanol–water partition coefficient (Wildman–Crippen LogP) is 0.304. The molecule has 2 N–H and O–H groups in total. The molecule has 1 aromatic carbocycles. The summed E-state index contributed by atoms with van der Waals surface area (Å²) < 4.78 is 10.4. The number of rotatable bonds is 6. The minimum atomic E-state index is -0.563. The minimum absolute atomic E-state index is 0.00400. The van der Waals surface area contributed by atoms with Crippen LogP contribution in [0.1, 0.15) is 12.0 Å². The third-order valence-electron chi connectivity index (χ3n) is 3.41. The summed E-state index contributed by atoms with van der Waals surface area (Å²) in [5.74, 6) is -0.408. The summed E-state index contributed by atoms with van der Waals surface area (Å²) >= 11 is 0. The van der Waals surface area contributed by atoms with E-state index in [0.717, 1.165) is 11.8 Å². The molecule has 1 unspecified atom stereocenters. The molecule has 21 heavy (non-hydrogen) atoms. The summed E-state index contributed by atoms with van der Waals surface area (Å²) in [5, 5.41) is 0. The van der Waals surface area contributed by atoms with E-state index in [1.807, 2.05) is 30.3 Å². The molecule has 1 aliphatic heterocycles. The van der Waals surface area contributed by atoms with Crippen molar-refractivity contribution in [2.45, 2.75) is 25.2 Å². The molecule has 1 aromatic rings. The highest BCUT2D eigenvalue weighted by atomic mass is 16.5. The Hall–Kier alpha value is -1.76. The summed E-state index contributed by atoms with van der Waals surface area (Å²) in [6.45, 7) is 1.62. The second-order valence-corrected chi connectivity index (χ2v) is 4.93. The van der Waals surface area contributed by atoms with Gasteiger partial charge in [-0.15, -0.1) is 0 Å². The summed E-state index contributed by atoms with van der Waals surface area (Å²) in [6.07, 6.45) is 0.384. The van der Waals surface area contributed by atoms with Crippen molar-refractivity contribution in [3.05, 3.63) is 35.9 Å². The maximum Gasteiger partial charge on any atom is 0.308 e. The lowest BCUT2D eigenvalue weighted by atomic mass is 10.1. The molecule has 114 valence electrons. The molecule has 1 saturated heterocycles. The molecular formula is C15H20N2O4. The normalized spacial score (nSPS) is 20.7. The lowest BCUT2D eigenvalue weighted by Crippen LogP contribution is -2.56. The number of benzene rings is 1. The second-order valence-electron chi connectivity index (χ2n) is 4.93. The number of carbonyl (C=O) groups excluding carboxylic acids is 2. The van der Waals surface area contributed by atoms with E-state index >= 15 is 0 Å². The van der Waals surface area contributed by atoms with Crippen molar-refractivity contribution >= 4 is 12.3 Å². The van der Waals surface area contributed by atoms with Crippen LogP contribution >= 0.6 is 0 Å². The molecule has 0 saturated carbocycles. The van der Waals surface area contributed by atoms with Gasteiger partial charge in [-0.1, -0.05) is 30.3 Å². The number of nitrogens with zero attached hydrogens (tertiary/aromatic N) is 1.